The second kappa shape index (κ2) is 29.3. The van der Waals surface area contributed by atoms with Crippen LogP contribution in [-0.2, 0) is 20.4 Å². The molecule has 0 aliphatic carbocycles. The molecule has 0 fully saturated rings. The van der Waals surface area contributed by atoms with Crippen LogP contribution in [0.5, 0.6) is 0 Å². The standard InChI is InChI=1S/C9H19.3CH3.Re/c1-3-5-7-9-8-6-4-2;;;;/h1,3-9H2,2H3;3*1H3;/q4*-1;. The molecule has 87 valence electrons. The van der Waals surface area contributed by atoms with Crippen molar-refractivity contribution in [3.05, 3.63) is 29.2 Å². The summed E-state index contributed by atoms with van der Waals surface area (Å²) in [6.07, 6.45) is 9.45. The van der Waals surface area contributed by atoms with Crippen molar-refractivity contribution in [3.63, 3.8) is 0 Å². The summed E-state index contributed by atoms with van der Waals surface area (Å²) in [5, 5.41) is 0. The fourth-order valence-corrected chi connectivity index (χ4v) is 0.957. The molecule has 0 aromatic carbocycles. The first kappa shape index (κ1) is 29.2. The Balaban J connectivity index is -0.0000000533. The molecule has 0 amide bonds. The topological polar surface area (TPSA) is 0 Å². The third kappa shape index (κ3) is 32.4. The zero-order valence-electron chi connectivity index (χ0n) is 10.0. The molecule has 0 atom stereocenters. The molecule has 0 nitrogen and oxygen atoms in total. The van der Waals surface area contributed by atoms with Crippen LogP contribution in [0.15, 0.2) is 0 Å². The molecule has 0 unspecified atom stereocenters. The molecule has 0 bridgehead atoms. The average Bonchev–Trinajstić information content (AvgIpc) is 1.89. The van der Waals surface area contributed by atoms with Gasteiger partial charge in [0.1, 0.15) is 0 Å². The van der Waals surface area contributed by atoms with Crippen LogP contribution in [0.3, 0.4) is 0 Å². The quantitative estimate of drug-likeness (QED) is 0.467. The Morgan fingerprint density at radius 3 is 1.54 bits per heavy atom. The van der Waals surface area contributed by atoms with E-state index in [0.29, 0.717) is 0 Å². The van der Waals surface area contributed by atoms with Gasteiger partial charge in [-0.3, -0.25) is 0 Å². The molecule has 13 heavy (non-hydrogen) atoms. The van der Waals surface area contributed by atoms with Crippen molar-refractivity contribution in [2.45, 2.75) is 51.9 Å². The molecular formula is C12H28Re-4. The summed E-state index contributed by atoms with van der Waals surface area (Å²) in [6, 6.07) is 0. The Morgan fingerprint density at radius 1 is 0.769 bits per heavy atom. The smallest absolute Gasteiger partial charge is 0 e. The molecule has 0 saturated carbocycles. The summed E-state index contributed by atoms with van der Waals surface area (Å²) < 4.78 is 0. The normalized spacial score (nSPS) is 6.92. The van der Waals surface area contributed by atoms with Gasteiger partial charge in [0.15, 0.2) is 0 Å². The molecule has 0 heterocycles. The van der Waals surface area contributed by atoms with Crippen LogP contribution in [0.25, 0.3) is 0 Å². The molecular weight excluding hydrogens is 330 g/mol. The van der Waals surface area contributed by atoms with Crippen LogP contribution in [0, 0.1) is 29.2 Å². The summed E-state index contributed by atoms with van der Waals surface area (Å²) in [5.41, 5.74) is 0. The van der Waals surface area contributed by atoms with E-state index in [-0.39, 0.29) is 42.7 Å². The molecule has 0 spiro atoms. The second-order valence-corrected chi connectivity index (χ2v) is 2.62. The van der Waals surface area contributed by atoms with Crippen LogP contribution >= 0.6 is 0 Å². The maximum atomic E-state index is 3.80. The minimum absolute atomic E-state index is 0. The Morgan fingerprint density at radius 2 is 1.15 bits per heavy atom. The van der Waals surface area contributed by atoms with Crippen LogP contribution in [-0.4, -0.2) is 0 Å². The van der Waals surface area contributed by atoms with E-state index in [1.54, 1.807) is 0 Å². The monoisotopic (exact) mass is 359 g/mol. The van der Waals surface area contributed by atoms with Crippen molar-refractivity contribution in [1.29, 1.82) is 0 Å². The Labute approximate surface area is 102 Å². The van der Waals surface area contributed by atoms with Gasteiger partial charge in [-0.15, -0.1) is 0 Å². The first-order valence-electron chi connectivity index (χ1n) is 4.21. The second-order valence-electron chi connectivity index (χ2n) is 2.62. The molecule has 0 rings (SSSR count). The summed E-state index contributed by atoms with van der Waals surface area (Å²) in [4.78, 5) is 0. The minimum Gasteiger partial charge on any atom is -0.358 e. The predicted octanol–water partition coefficient (Wildman–Crippen LogP) is 4.92. The van der Waals surface area contributed by atoms with Gasteiger partial charge in [0.25, 0.3) is 0 Å². The average molecular weight is 359 g/mol. The molecule has 0 aliphatic rings. The van der Waals surface area contributed by atoms with Crippen molar-refractivity contribution in [3.8, 4) is 0 Å². The summed E-state index contributed by atoms with van der Waals surface area (Å²) in [5.74, 6) is 0. The van der Waals surface area contributed by atoms with Gasteiger partial charge in [0, 0.05) is 20.4 Å². The van der Waals surface area contributed by atoms with E-state index in [0.717, 1.165) is 6.42 Å². The van der Waals surface area contributed by atoms with E-state index in [1.165, 1.54) is 38.5 Å². The summed E-state index contributed by atoms with van der Waals surface area (Å²) in [7, 11) is 0. The molecule has 0 saturated heterocycles. The molecule has 1 radical (unpaired) electrons. The first-order chi connectivity index (χ1) is 4.41. The summed E-state index contributed by atoms with van der Waals surface area (Å²) >= 11 is 0. The van der Waals surface area contributed by atoms with Gasteiger partial charge < -0.3 is 29.2 Å². The molecule has 1 heteroatoms. The van der Waals surface area contributed by atoms with E-state index in [2.05, 4.69) is 13.8 Å². The zero-order valence-corrected chi connectivity index (χ0v) is 12.8. The number of rotatable bonds is 6. The van der Waals surface area contributed by atoms with Gasteiger partial charge in [0.05, 0.1) is 0 Å². The van der Waals surface area contributed by atoms with Gasteiger partial charge in [-0.05, 0) is 0 Å². The third-order valence-electron chi connectivity index (χ3n) is 1.60. The van der Waals surface area contributed by atoms with Crippen molar-refractivity contribution in [1.82, 2.24) is 0 Å². The number of hydrogen-bond acceptors (Lipinski definition) is 0. The SMILES string of the molecule is [CH2-]CCCCCCCC.[CH3-].[CH3-].[CH3-].[Re]. The number of hydrogen-bond donors (Lipinski definition) is 0. The van der Waals surface area contributed by atoms with Crippen LogP contribution < -0.4 is 0 Å². The fourth-order valence-electron chi connectivity index (χ4n) is 0.957. The molecule has 0 aliphatic heterocycles. The van der Waals surface area contributed by atoms with Gasteiger partial charge in [0.2, 0.25) is 0 Å². The maximum Gasteiger partial charge on any atom is 0 e. The molecule has 0 aromatic rings. The fraction of sp³-hybridized carbons (Fsp3) is 0.667. The van der Waals surface area contributed by atoms with Gasteiger partial charge in [-0.2, -0.15) is 6.42 Å². The molecule has 0 aromatic heterocycles. The maximum absolute atomic E-state index is 3.80. The number of unbranched alkanes of at least 4 members (excludes halogenated alkanes) is 6. The van der Waals surface area contributed by atoms with Crippen molar-refractivity contribution in [2.24, 2.45) is 0 Å². The van der Waals surface area contributed by atoms with E-state index in [9.17, 15) is 0 Å². The Bertz CT molecular complexity index is 38.4. The van der Waals surface area contributed by atoms with E-state index >= 15 is 0 Å². The van der Waals surface area contributed by atoms with Crippen molar-refractivity contribution < 1.29 is 20.4 Å². The van der Waals surface area contributed by atoms with Crippen molar-refractivity contribution >= 4 is 0 Å². The van der Waals surface area contributed by atoms with Crippen LogP contribution in [0.4, 0.5) is 0 Å². The van der Waals surface area contributed by atoms with E-state index in [1.807, 2.05) is 0 Å². The largest absolute Gasteiger partial charge is 0.358 e. The minimum atomic E-state index is 0. The molecule has 0 N–H and O–H groups in total. The zero-order chi connectivity index (χ0) is 6.95. The first-order valence-corrected chi connectivity index (χ1v) is 4.21. The van der Waals surface area contributed by atoms with Crippen LogP contribution in [0.1, 0.15) is 51.9 Å². The van der Waals surface area contributed by atoms with E-state index < -0.39 is 0 Å². The Hall–Kier alpha value is 0.662. The summed E-state index contributed by atoms with van der Waals surface area (Å²) in [6.45, 7) is 6.05. The van der Waals surface area contributed by atoms with Gasteiger partial charge >= 0.3 is 0 Å². The predicted molar refractivity (Wildman–Crippen MR) is 62.6 cm³/mol. The Kier molecular flexibility index (Phi) is 65.9. The van der Waals surface area contributed by atoms with Crippen molar-refractivity contribution in [2.75, 3.05) is 0 Å². The van der Waals surface area contributed by atoms with E-state index in [4.69, 9.17) is 0 Å². The third-order valence-corrected chi connectivity index (χ3v) is 1.60. The van der Waals surface area contributed by atoms with Gasteiger partial charge in [-0.25, -0.2) is 0 Å². The van der Waals surface area contributed by atoms with Gasteiger partial charge in [-0.1, -0.05) is 45.4 Å². The van der Waals surface area contributed by atoms with Crippen LogP contribution in [0.2, 0.25) is 0 Å².